The van der Waals surface area contributed by atoms with Crippen LogP contribution in [0.15, 0.2) is 18.2 Å². The molecular weight excluding hydrogens is 198 g/mol. The fraction of sp³-hybridized carbons (Fsp3) is 0.571. The van der Waals surface area contributed by atoms with Gasteiger partial charge in [0.1, 0.15) is 5.75 Å². The maximum absolute atomic E-state index is 6.17. The molecule has 0 aliphatic heterocycles. The number of rotatable bonds is 4. The van der Waals surface area contributed by atoms with Crippen molar-refractivity contribution in [2.24, 2.45) is 5.73 Å². The van der Waals surface area contributed by atoms with Gasteiger partial charge >= 0.3 is 0 Å². The average molecular weight is 219 g/mol. The average Bonchev–Trinajstić information content (AvgIpc) is 2.95. The molecule has 0 atom stereocenters. The molecule has 2 nitrogen and oxygen atoms in total. The van der Waals surface area contributed by atoms with Crippen LogP contribution in [0.1, 0.15) is 43.7 Å². The van der Waals surface area contributed by atoms with E-state index in [4.69, 9.17) is 10.5 Å². The summed E-state index contributed by atoms with van der Waals surface area (Å²) in [6.07, 6.45) is 3.22. The lowest BCUT2D eigenvalue weighted by Gasteiger charge is -2.17. The fourth-order valence-corrected chi connectivity index (χ4v) is 2.16. The molecular formula is C14H21NO. The van der Waals surface area contributed by atoms with Crippen molar-refractivity contribution in [2.75, 3.05) is 7.11 Å². The van der Waals surface area contributed by atoms with Crippen LogP contribution >= 0.6 is 0 Å². The number of benzene rings is 1. The molecule has 2 rings (SSSR count). The summed E-state index contributed by atoms with van der Waals surface area (Å²) in [6.45, 7) is 4.38. The fourth-order valence-electron chi connectivity index (χ4n) is 2.16. The third-order valence-corrected chi connectivity index (χ3v) is 3.39. The lowest BCUT2D eigenvalue weighted by molar-refractivity contribution is 0.400. The van der Waals surface area contributed by atoms with E-state index >= 15 is 0 Å². The van der Waals surface area contributed by atoms with Crippen molar-refractivity contribution in [3.8, 4) is 5.75 Å². The summed E-state index contributed by atoms with van der Waals surface area (Å²) in [5, 5.41) is 0. The van der Waals surface area contributed by atoms with Gasteiger partial charge in [-0.2, -0.15) is 0 Å². The molecule has 1 aromatic rings. The highest BCUT2D eigenvalue weighted by molar-refractivity contribution is 5.44. The second kappa shape index (κ2) is 4.10. The van der Waals surface area contributed by atoms with E-state index in [1.54, 1.807) is 7.11 Å². The number of methoxy groups -OCH3 is 1. The van der Waals surface area contributed by atoms with E-state index in [1.165, 1.54) is 11.1 Å². The van der Waals surface area contributed by atoms with E-state index in [-0.39, 0.29) is 5.54 Å². The van der Waals surface area contributed by atoms with E-state index in [1.807, 2.05) is 0 Å². The van der Waals surface area contributed by atoms with Crippen molar-refractivity contribution in [3.63, 3.8) is 0 Å². The minimum atomic E-state index is 0.0445. The molecule has 88 valence electrons. The van der Waals surface area contributed by atoms with Crippen LogP contribution in [0.2, 0.25) is 0 Å². The van der Waals surface area contributed by atoms with Gasteiger partial charge in [-0.05, 0) is 36.3 Å². The van der Waals surface area contributed by atoms with E-state index in [0.29, 0.717) is 5.92 Å². The van der Waals surface area contributed by atoms with Crippen LogP contribution in [0.4, 0.5) is 0 Å². The molecule has 0 radical (unpaired) electrons. The van der Waals surface area contributed by atoms with Crippen LogP contribution in [-0.2, 0) is 6.42 Å². The number of hydrogen-bond acceptors (Lipinski definition) is 2. The molecule has 0 amide bonds. The van der Waals surface area contributed by atoms with Gasteiger partial charge in [0, 0.05) is 5.54 Å². The third kappa shape index (κ3) is 2.22. The SMILES string of the molecule is COc1c(CC2(N)CC2)cccc1C(C)C. The zero-order chi connectivity index (χ0) is 11.8. The van der Waals surface area contributed by atoms with E-state index in [2.05, 4.69) is 32.0 Å². The van der Waals surface area contributed by atoms with Crippen LogP contribution in [0, 0.1) is 0 Å². The number of nitrogens with two attached hydrogens (primary N) is 1. The molecule has 2 heteroatoms. The minimum absolute atomic E-state index is 0.0445. The highest BCUT2D eigenvalue weighted by atomic mass is 16.5. The topological polar surface area (TPSA) is 35.2 Å². The molecule has 0 aromatic heterocycles. The molecule has 0 heterocycles. The van der Waals surface area contributed by atoms with Gasteiger partial charge in [0.15, 0.2) is 0 Å². The molecule has 1 fully saturated rings. The van der Waals surface area contributed by atoms with Gasteiger partial charge in [0.25, 0.3) is 0 Å². The number of para-hydroxylation sites is 1. The summed E-state index contributed by atoms with van der Waals surface area (Å²) >= 11 is 0. The standard InChI is InChI=1S/C14H21NO/c1-10(2)12-6-4-5-11(13(12)16-3)9-14(15)7-8-14/h4-6,10H,7-9,15H2,1-3H3. The maximum atomic E-state index is 6.17. The van der Waals surface area contributed by atoms with Crippen LogP contribution in [0.5, 0.6) is 5.75 Å². The summed E-state index contributed by atoms with van der Waals surface area (Å²) in [5.41, 5.74) is 8.76. The predicted octanol–water partition coefficient (Wildman–Crippen LogP) is 2.85. The molecule has 1 aromatic carbocycles. The normalized spacial score (nSPS) is 17.6. The highest BCUT2D eigenvalue weighted by Gasteiger charge is 2.38. The Hall–Kier alpha value is -1.02. The number of ether oxygens (including phenoxy) is 1. The zero-order valence-corrected chi connectivity index (χ0v) is 10.4. The minimum Gasteiger partial charge on any atom is -0.496 e. The monoisotopic (exact) mass is 219 g/mol. The van der Waals surface area contributed by atoms with Gasteiger partial charge in [0.2, 0.25) is 0 Å². The first-order valence-corrected chi connectivity index (χ1v) is 6.00. The second-order valence-corrected chi connectivity index (χ2v) is 5.23. The van der Waals surface area contributed by atoms with Crippen LogP contribution in [0.3, 0.4) is 0 Å². The Balaban J connectivity index is 2.32. The quantitative estimate of drug-likeness (QED) is 0.845. The van der Waals surface area contributed by atoms with Crippen molar-refractivity contribution in [2.45, 2.75) is 44.6 Å². The maximum Gasteiger partial charge on any atom is 0.125 e. The Bertz CT molecular complexity index is 380. The van der Waals surface area contributed by atoms with Gasteiger partial charge in [-0.25, -0.2) is 0 Å². The molecule has 1 aliphatic carbocycles. The predicted molar refractivity (Wildman–Crippen MR) is 66.9 cm³/mol. The van der Waals surface area contributed by atoms with Crippen LogP contribution in [0.25, 0.3) is 0 Å². The molecule has 0 unspecified atom stereocenters. The van der Waals surface area contributed by atoms with Gasteiger partial charge in [0.05, 0.1) is 7.11 Å². The van der Waals surface area contributed by atoms with Crippen molar-refractivity contribution < 1.29 is 4.74 Å². The lowest BCUT2D eigenvalue weighted by Crippen LogP contribution is -2.24. The van der Waals surface area contributed by atoms with E-state index < -0.39 is 0 Å². The van der Waals surface area contributed by atoms with Gasteiger partial charge in [-0.1, -0.05) is 32.0 Å². The van der Waals surface area contributed by atoms with Crippen molar-refractivity contribution >= 4 is 0 Å². The second-order valence-electron chi connectivity index (χ2n) is 5.23. The Morgan fingerprint density at radius 2 is 2.06 bits per heavy atom. The lowest BCUT2D eigenvalue weighted by atomic mass is 9.95. The van der Waals surface area contributed by atoms with Gasteiger partial charge in [-0.15, -0.1) is 0 Å². The largest absolute Gasteiger partial charge is 0.496 e. The molecule has 16 heavy (non-hydrogen) atoms. The Kier molecular flexibility index (Phi) is 2.94. The molecule has 0 saturated heterocycles. The molecule has 0 bridgehead atoms. The van der Waals surface area contributed by atoms with Crippen molar-refractivity contribution in [3.05, 3.63) is 29.3 Å². The Labute approximate surface area is 97.8 Å². The molecule has 1 aliphatic rings. The molecule has 0 spiro atoms. The zero-order valence-electron chi connectivity index (χ0n) is 10.4. The van der Waals surface area contributed by atoms with Crippen LogP contribution in [-0.4, -0.2) is 12.6 Å². The van der Waals surface area contributed by atoms with E-state index in [9.17, 15) is 0 Å². The third-order valence-electron chi connectivity index (χ3n) is 3.39. The van der Waals surface area contributed by atoms with Crippen molar-refractivity contribution in [1.29, 1.82) is 0 Å². The summed E-state index contributed by atoms with van der Waals surface area (Å²) < 4.78 is 5.56. The highest BCUT2D eigenvalue weighted by Crippen LogP contribution is 2.39. The Morgan fingerprint density at radius 3 is 2.56 bits per heavy atom. The molecule has 2 N–H and O–H groups in total. The summed E-state index contributed by atoms with van der Waals surface area (Å²) in [5.74, 6) is 1.53. The van der Waals surface area contributed by atoms with Crippen molar-refractivity contribution in [1.82, 2.24) is 0 Å². The summed E-state index contributed by atoms with van der Waals surface area (Å²) in [4.78, 5) is 0. The first-order valence-electron chi connectivity index (χ1n) is 6.00. The molecule has 1 saturated carbocycles. The number of hydrogen-bond donors (Lipinski definition) is 1. The Morgan fingerprint density at radius 1 is 1.38 bits per heavy atom. The first kappa shape index (κ1) is 11.5. The first-order chi connectivity index (χ1) is 7.56. The summed E-state index contributed by atoms with van der Waals surface area (Å²) in [6, 6.07) is 6.39. The van der Waals surface area contributed by atoms with Crippen LogP contribution < -0.4 is 10.5 Å². The van der Waals surface area contributed by atoms with Gasteiger partial charge in [-0.3, -0.25) is 0 Å². The smallest absolute Gasteiger partial charge is 0.125 e. The summed E-state index contributed by atoms with van der Waals surface area (Å²) in [7, 11) is 1.75. The van der Waals surface area contributed by atoms with E-state index in [0.717, 1.165) is 25.0 Å². The van der Waals surface area contributed by atoms with Gasteiger partial charge < -0.3 is 10.5 Å².